The Kier molecular flexibility index (Phi) is 6.42. The van der Waals surface area contributed by atoms with E-state index in [1.807, 2.05) is 0 Å². The molecule has 5 unspecified atom stereocenters. The van der Waals surface area contributed by atoms with Crippen molar-refractivity contribution in [3.63, 3.8) is 0 Å². The fourth-order valence-corrected chi connectivity index (χ4v) is 7.44. The molecule has 1 N–H and O–H groups in total. The van der Waals surface area contributed by atoms with Gasteiger partial charge < -0.3 is 9.84 Å². The first kappa shape index (κ1) is 21.2. The molecule has 5 fully saturated rings. The lowest BCUT2D eigenvalue weighted by atomic mass is 9.63. The SMILES string of the molecule is CC12CCC/C(=C\C=C3\CCCC(O)C3)C1CCC2CCN1CCOCC1C1CC1. The minimum absolute atomic E-state index is 0.101. The Morgan fingerprint density at radius 2 is 2.00 bits per heavy atom. The van der Waals surface area contributed by atoms with Gasteiger partial charge in [0.05, 0.1) is 19.3 Å². The minimum atomic E-state index is -0.101. The molecule has 1 saturated heterocycles. The van der Waals surface area contributed by atoms with Crippen molar-refractivity contribution in [2.24, 2.45) is 23.2 Å². The van der Waals surface area contributed by atoms with Crippen LogP contribution in [0.2, 0.25) is 0 Å². The Labute approximate surface area is 183 Å². The first-order chi connectivity index (χ1) is 14.6. The van der Waals surface area contributed by atoms with Gasteiger partial charge in [-0.2, -0.15) is 0 Å². The van der Waals surface area contributed by atoms with E-state index in [-0.39, 0.29) is 6.10 Å². The lowest BCUT2D eigenvalue weighted by Gasteiger charge is -2.43. The largest absolute Gasteiger partial charge is 0.393 e. The molecule has 30 heavy (non-hydrogen) atoms. The van der Waals surface area contributed by atoms with Crippen LogP contribution in [0.4, 0.5) is 0 Å². The van der Waals surface area contributed by atoms with Crippen molar-refractivity contribution in [3.8, 4) is 0 Å². The topological polar surface area (TPSA) is 32.7 Å². The highest BCUT2D eigenvalue weighted by Crippen LogP contribution is 2.58. The zero-order valence-electron chi connectivity index (χ0n) is 19.2. The normalized spacial score (nSPS) is 43.3. The molecule has 1 heterocycles. The van der Waals surface area contributed by atoms with Gasteiger partial charge >= 0.3 is 0 Å². The summed E-state index contributed by atoms with van der Waals surface area (Å²) in [5.74, 6) is 2.61. The van der Waals surface area contributed by atoms with Crippen molar-refractivity contribution in [3.05, 3.63) is 23.3 Å². The van der Waals surface area contributed by atoms with Gasteiger partial charge in [0.2, 0.25) is 0 Å². The van der Waals surface area contributed by atoms with Crippen LogP contribution in [0.15, 0.2) is 23.3 Å². The van der Waals surface area contributed by atoms with E-state index in [4.69, 9.17) is 4.74 Å². The molecular formula is C27H43NO2. The maximum atomic E-state index is 9.99. The smallest absolute Gasteiger partial charge is 0.0625 e. The molecule has 5 rings (SSSR count). The van der Waals surface area contributed by atoms with Crippen LogP contribution >= 0.6 is 0 Å². The standard InChI is InChI=1S/C27H43NO2/c1-27-14-3-5-21(8-7-20-4-2-6-24(29)18-20)25(27)12-11-23(27)13-15-28-16-17-30-19-26(28)22-9-10-22/h7-8,22-26,29H,2-6,9-19H2,1H3/b20-7-,21-8+. The summed E-state index contributed by atoms with van der Waals surface area (Å²) in [5.41, 5.74) is 3.71. The predicted molar refractivity (Wildman–Crippen MR) is 122 cm³/mol. The van der Waals surface area contributed by atoms with Crippen LogP contribution in [-0.4, -0.2) is 48.5 Å². The Morgan fingerprint density at radius 3 is 2.83 bits per heavy atom. The van der Waals surface area contributed by atoms with Crippen molar-refractivity contribution in [2.45, 2.75) is 96.1 Å². The van der Waals surface area contributed by atoms with Gasteiger partial charge in [0, 0.05) is 12.6 Å². The molecule has 0 spiro atoms. The summed E-state index contributed by atoms with van der Waals surface area (Å²) in [6.45, 7) is 6.98. The molecular weight excluding hydrogens is 370 g/mol. The Bertz CT molecular complexity index is 666. The molecule has 0 radical (unpaired) electrons. The van der Waals surface area contributed by atoms with Crippen LogP contribution in [0.1, 0.15) is 84.0 Å². The highest BCUT2D eigenvalue weighted by atomic mass is 16.5. The van der Waals surface area contributed by atoms with Crippen LogP contribution < -0.4 is 0 Å². The van der Waals surface area contributed by atoms with Gasteiger partial charge in [-0.05, 0) is 107 Å². The Morgan fingerprint density at radius 1 is 1.10 bits per heavy atom. The lowest BCUT2D eigenvalue weighted by molar-refractivity contribution is -0.0208. The quantitative estimate of drug-likeness (QED) is 0.647. The van der Waals surface area contributed by atoms with E-state index in [1.165, 1.54) is 69.9 Å². The lowest BCUT2D eigenvalue weighted by Crippen LogP contribution is -2.47. The van der Waals surface area contributed by atoms with Crippen LogP contribution in [-0.2, 0) is 4.74 Å². The van der Waals surface area contributed by atoms with Crippen molar-refractivity contribution >= 4 is 0 Å². The fourth-order valence-electron chi connectivity index (χ4n) is 7.44. The van der Waals surface area contributed by atoms with E-state index >= 15 is 0 Å². The van der Waals surface area contributed by atoms with E-state index in [0.717, 1.165) is 56.8 Å². The highest BCUT2D eigenvalue weighted by molar-refractivity contribution is 5.25. The van der Waals surface area contributed by atoms with E-state index in [9.17, 15) is 5.11 Å². The summed E-state index contributed by atoms with van der Waals surface area (Å²) < 4.78 is 5.82. The van der Waals surface area contributed by atoms with Crippen LogP contribution in [0, 0.1) is 23.2 Å². The third-order valence-electron chi connectivity index (χ3n) is 9.44. The van der Waals surface area contributed by atoms with E-state index in [0.29, 0.717) is 11.5 Å². The number of hydrogen-bond donors (Lipinski definition) is 1. The minimum Gasteiger partial charge on any atom is -0.393 e. The third kappa shape index (κ3) is 4.45. The van der Waals surface area contributed by atoms with E-state index in [2.05, 4.69) is 24.0 Å². The second-order valence-electron chi connectivity index (χ2n) is 11.3. The van der Waals surface area contributed by atoms with Crippen molar-refractivity contribution in [1.29, 1.82) is 0 Å². The monoisotopic (exact) mass is 413 g/mol. The van der Waals surface area contributed by atoms with Gasteiger partial charge in [0.1, 0.15) is 0 Å². The molecule has 0 amide bonds. The summed E-state index contributed by atoms with van der Waals surface area (Å²) in [4.78, 5) is 2.79. The number of aliphatic hydroxyl groups is 1. The number of nitrogens with zero attached hydrogens (tertiary/aromatic N) is 1. The maximum Gasteiger partial charge on any atom is 0.0625 e. The van der Waals surface area contributed by atoms with Gasteiger partial charge in [-0.3, -0.25) is 4.90 Å². The van der Waals surface area contributed by atoms with Gasteiger partial charge in [0.15, 0.2) is 0 Å². The summed E-state index contributed by atoms with van der Waals surface area (Å²) in [6.07, 6.45) is 20.1. The molecule has 5 atom stereocenters. The maximum absolute atomic E-state index is 9.99. The molecule has 0 aromatic rings. The fraction of sp³-hybridized carbons (Fsp3) is 0.852. The molecule has 4 aliphatic carbocycles. The summed E-state index contributed by atoms with van der Waals surface area (Å²) in [6, 6.07) is 0.711. The Balaban J connectivity index is 1.22. The molecule has 3 heteroatoms. The second kappa shape index (κ2) is 9.08. The third-order valence-corrected chi connectivity index (χ3v) is 9.44. The predicted octanol–water partition coefficient (Wildman–Crippen LogP) is 5.49. The van der Waals surface area contributed by atoms with Gasteiger partial charge in [-0.25, -0.2) is 0 Å². The first-order valence-corrected chi connectivity index (χ1v) is 13.0. The summed E-state index contributed by atoms with van der Waals surface area (Å²) in [5, 5.41) is 9.99. The molecule has 1 aliphatic heterocycles. The molecule has 0 aromatic heterocycles. The zero-order chi connectivity index (χ0) is 20.6. The van der Waals surface area contributed by atoms with Gasteiger partial charge in [-0.1, -0.05) is 30.2 Å². The molecule has 0 bridgehead atoms. The van der Waals surface area contributed by atoms with Crippen molar-refractivity contribution < 1.29 is 9.84 Å². The molecule has 0 aromatic carbocycles. The number of hydrogen-bond acceptors (Lipinski definition) is 3. The second-order valence-corrected chi connectivity index (χ2v) is 11.3. The summed E-state index contributed by atoms with van der Waals surface area (Å²) >= 11 is 0. The van der Waals surface area contributed by atoms with Gasteiger partial charge in [-0.15, -0.1) is 0 Å². The molecule has 168 valence electrons. The van der Waals surface area contributed by atoms with Crippen molar-refractivity contribution in [1.82, 2.24) is 4.90 Å². The number of rotatable bonds is 5. The van der Waals surface area contributed by atoms with E-state index < -0.39 is 0 Å². The number of ether oxygens (including phenoxy) is 1. The van der Waals surface area contributed by atoms with Crippen LogP contribution in [0.3, 0.4) is 0 Å². The molecule has 4 saturated carbocycles. The Hall–Kier alpha value is -0.640. The average molecular weight is 414 g/mol. The van der Waals surface area contributed by atoms with Crippen LogP contribution in [0.5, 0.6) is 0 Å². The molecule has 5 aliphatic rings. The summed E-state index contributed by atoms with van der Waals surface area (Å²) in [7, 11) is 0. The first-order valence-electron chi connectivity index (χ1n) is 13.0. The highest BCUT2D eigenvalue weighted by Gasteiger charge is 2.49. The number of allylic oxidation sites excluding steroid dienone is 3. The van der Waals surface area contributed by atoms with Crippen LogP contribution in [0.25, 0.3) is 0 Å². The van der Waals surface area contributed by atoms with Gasteiger partial charge in [0.25, 0.3) is 0 Å². The van der Waals surface area contributed by atoms with E-state index in [1.54, 1.807) is 5.57 Å². The molecule has 3 nitrogen and oxygen atoms in total. The van der Waals surface area contributed by atoms with Crippen molar-refractivity contribution in [2.75, 3.05) is 26.3 Å². The average Bonchev–Trinajstić information content (AvgIpc) is 3.53. The number of aliphatic hydroxyl groups excluding tert-OH is 1. The number of fused-ring (bicyclic) bond motifs is 1. The number of morpholine rings is 1. The zero-order valence-corrected chi connectivity index (χ0v) is 19.2.